The number of nitrogens with one attached hydrogen (secondary N) is 2. The molecule has 10 heteroatoms. The molecule has 1 amide bonds. The summed E-state index contributed by atoms with van der Waals surface area (Å²) in [6.07, 6.45) is 0. The van der Waals surface area contributed by atoms with Gasteiger partial charge in [-0.1, -0.05) is 56.9 Å². The second kappa shape index (κ2) is 10.7. The molecule has 0 fully saturated rings. The van der Waals surface area contributed by atoms with Gasteiger partial charge < -0.3 is 20.1 Å². The van der Waals surface area contributed by atoms with Crippen LogP contribution in [0.5, 0.6) is 11.5 Å². The zero-order chi connectivity index (χ0) is 26.8. The fraction of sp³-hybridized carbons (Fsp3) is 0.214. The third-order valence-electron chi connectivity index (χ3n) is 6.40. The first-order valence-electron chi connectivity index (χ1n) is 12.0. The number of ether oxygens (including phenoxy) is 2. The molecule has 2 heterocycles. The molecule has 1 unspecified atom stereocenters. The number of anilines is 2. The minimum atomic E-state index is -0.582. The molecule has 0 spiro atoms. The lowest BCUT2D eigenvalue weighted by Gasteiger charge is -2.28. The van der Waals surface area contributed by atoms with Crippen molar-refractivity contribution in [3.05, 3.63) is 98.7 Å². The molecule has 2 N–H and O–H groups in total. The van der Waals surface area contributed by atoms with Gasteiger partial charge in [-0.2, -0.15) is 4.68 Å². The van der Waals surface area contributed by atoms with Gasteiger partial charge in [-0.15, -0.1) is 0 Å². The number of rotatable bonds is 7. The van der Waals surface area contributed by atoms with Crippen molar-refractivity contribution in [1.82, 2.24) is 20.2 Å². The Morgan fingerprint density at radius 2 is 1.84 bits per heavy atom. The third-order valence-corrected chi connectivity index (χ3v) is 6.93. The summed E-state index contributed by atoms with van der Waals surface area (Å²) < 4.78 is 14.3. The van der Waals surface area contributed by atoms with E-state index in [2.05, 4.69) is 42.1 Å². The van der Waals surface area contributed by atoms with Gasteiger partial charge in [-0.3, -0.25) is 4.79 Å². The first kappa shape index (κ1) is 25.5. The van der Waals surface area contributed by atoms with Crippen molar-refractivity contribution >= 4 is 33.5 Å². The van der Waals surface area contributed by atoms with E-state index in [1.807, 2.05) is 81.4 Å². The van der Waals surface area contributed by atoms with Crippen LogP contribution in [-0.2, 0) is 11.4 Å². The lowest BCUT2D eigenvalue weighted by Crippen LogP contribution is -2.31. The average Bonchev–Trinajstić information content (AvgIpc) is 3.37. The van der Waals surface area contributed by atoms with Gasteiger partial charge in [0.25, 0.3) is 5.91 Å². The van der Waals surface area contributed by atoms with E-state index in [4.69, 9.17) is 9.47 Å². The van der Waals surface area contributed by atoms with E-state index in [1.54, 1.807) is 11.8 Å². The summed E-state index contributed by atoms with van der Waals surface area (Å²) in [6, 6.07) is 18.9. The van der Waals surface area contributed by atoms with Gasteiger partial charge in [0, 0.05) is 15.9 Å². The molecule has 1 atom stereocenters. The summed E-state index contributed by atoms with van der Waals surface area (Å²) in [5.41, 5.74) is 5.81. The highest BCUT2D eigenvalue weighted by Gasteiger charge is 2.34. The van der Waals surface area contributed by atoms with Crippen molar-refractivity contribution in [2.45, 2.75) is 33.4 Å². The van der Waals surface area contributed by atoms with E-state index >= 15 is 0 Å². The van der Waals surface area contributed by atoms with Gasteiger partial charge in [-0.05, 0) is 78.2 Å². The lowest BCUT2D eigenvalue weighted by molar-refractivity contribution is -0.113. The van der Waals surface area contributed by atoms with Gasteiger partial charge >= 0.3 is 0 Å². The molecule has 1 aromatic heterocycles. The van der Waals surface area contributed by atoms with Gasteiger partial charge in [-0.25, -0.2) is 0 Å². The predicted molar refractivity (Wildman–Crippen MR) is 148 cm³/mol. The average molecular weight is 575 g/mol. The third kappa shape index (κ3) is 5.12. The number of aromatic nitrogens is 4. The monoisotopic (exact) mass is 574 g/mol. The SMILES string of the molecule is COc1cc(C2C(C(=O)Nc3ccc(C)cc3C)=C(C)Nc3nnnn32)ccc1OCc1ccc(Br)cc1. The van der Waals surface area contributed by atoms with Crippen LogP contribution in [0.3, 0.4) is 0 Å². The maximum Gasteiger partial charge on any atom is 0.255 e. The summed E-state index contributed by atoms with van der Waals surface area (Å²) in [6.45, 7) is 6.22. The normalized spacial score (nSPS) is 14.5. The smallest absolute Gasteiger partial charge is 0.255 e. The topological polar surface area (TPSA) is 103 Å². The standard InChI is InChI=1S/C28H27BrN6O3/c1-16-5-11-22(17(2)13-16)31-27(36)25-18(3)30-28-32-33-34-35(28)26(25)20-8-12-23(24(14-20)37-4)38-15-19-6-9-21(29)10-7-19/h5-14,26H,15H2,1-4H3,(H,31,36)(H,30,32,34). The molecule has 38 heavy (non-hydrogen) atoms. The summed E-state index contributed by atoms with van der Waals surface area (Å²) in [4.78, 5) is 13.7. The maximum atomic E-state index is 13.7. The first-order valence-corrected chi connectivity index (χ1v) is 12.8. The molecule has 4 aromatic rings. The number of carbonyl (C=O) groups excluding carboxylic acids is 1. The molecule has 0 bridgehead atoms. The van der Waals surface area contributed by atoms with E-state index in [-0.39, 0.29) is 5.91 Å². The molecule has 1 aliphatic heterocycles. The highest BCUT2D eigenvalue weighted by Crippen LogP contribution is 2.39. The molecular formula is C28H27BrN6O3. The second-order valence-electron chi connectivity index (χ2n) is 9.11. The Morgan fingerprint density at radius 3 is 2.58 bits per heavy atom. The fourth-order valence-corrected chi connectivity index (χ4v) is 4.74. The molecular weight excluding hydrogens is 548 g/mol. The molecule has 3 aromatic carbocycles. The Hall–Kier alpha value is -4.18. The van der Waals surface area contributed by atoms with Crippen LogP contribution in [0.1, 0.15) is 35.2 Å². The second-order valence-corrected chi connectivity index (χ2v) is 10.0. The van der Waals surface area contributed by atoms with Gasteiger partial charge in [0.2, 0.25) is 5.95 Å². The van der Waals surface area contributed by atoms with Gasteiger partial charge in [0.1, 0.15) is 12.6 Å². The molecule has 9 nitrogen and oxygen atoms in total. The van der Waals surface area contributed by atoms with Crippen molar-refractivity contribution in [3.8, 4) is 11.5 Å². The quantitative estimate of drug-likeness (QED) is 0.297. The maximum absolute atomic E-state index is 13.7. The van der Waals surface area contributed by atoms with Crippen molar-refractivity contribution in [3.63, 3.8) is 0 Å². The summed E-state index contributed by atoms with van der Waals surface area (Å²) >= 11 is 3.45. The van der Waals surface area contributed by atoms with Gasteiger partial charge in [0.15, 0.2) is 11.5 Å². The predicted octanol–water partition coefficient (Wildman–Crippen LogP) is 5.57. The zero-order valence-corrected chi connectivity index (χ0v) is 23.0. The van der Waals surface area contributed by atoms with E-state index in [0.717, 1.165) is 32.4 Å². The van der Waals surface area contributed by atoms with E-state index < -0.39 is 6.04 Å². The minimum absolute atomic E-state index is 0.248. The Bertz CT molecular complexity index is 1530. The highest BCUT2D eigenvalue weighted by molar-refractivity contribution is 9.10. The van der Waals surface area contributed by atoms with Crippen molar-refractivity contribution in [1.29, 1.82) is 0 Å². The highest BCUT2D eigenvalue weighted by atomic mass is 79.9. The fourth-order valence-electron chi connectivity index (χ4n) is 4.47. The Morgan fingerprint density at radius 1 is 1.05 bits per heavy atom. The number of aryl methyl sites for hydroxylation is 2. The van der Waals surface area contributed by atoms with Crippen LogP contribution in [0.15, 0.2) is 76.4 Å². The number of amides is 1. The summed E-state index contributed by atoms with van der Waals surface area (Å²) in [5.74, 6) is 1.33. The number of halogens is 1. The molecule has 0 aliphatic carbocycles. The van der Waals surface area contributed by atoms with Crippen LogP contribution in [0, 0.1) is 13.8 Å². The van der Waals surface area contributed by atoms with Gasteiger partial charge in [0.05, 0.1) is 12.7 Å². The van der Waals surface area contributed by atoms with E-state index in [9.17, 15) is 4.79 Å². The molecule has 0 radical (unpaired) electrons. The Labute approximate surface area is 229 Å². The van der Waals surface area contributed by atoms with Crippen LogP contribution in [0.25, 0.3) is 0 Å². The number of hydrogen-bond donors (Lipinski definition) is 2. The van der Waals surface area contributed by atoms with Crippen molar-refractivity contribution in [2.75, 3.05) is 17.7 Å². The van der Waals surface area contributed by atoms with Crippen LogP contribution in [-0.4, -0.2) is 33.2 Å². The first-order chi connectivity index (χ1) is 18.3. The Balaban J connectivity index is 1.47. The van der Waals surface area contributed by atoms with Crippen LogP contribution < -0.4 is 20.1 Å². The number of tetrazole rings is 1. The number of hydrogen-bond acceptors (Lipinski definition) is 7. The number of carbonyl (C=O) groups is 1. The zero-order valence-electron chi connectivity index (χ0n) is 21.4. The number of allylic oxidation sites excluding steroid dienone is 1. The number of nitrogens with zero attached hydrogens (tertiary/aromatic N) is 4. The lowest BCUT2D eigenvalue weighted by atomic mass is 9.94. The molecule has 5 rings (SSSR count). The van der Waals surface area contributed by atoms with Crippen LogP contribution in [0.2, 0.25) is 0 Å². The van der Waals surface area contributed by atoms with Crippen molar-refractivity contribution in [2.24, 2.45) is 0 Å². The largest absolute Gasteiger partial charge is 0.493 e. The number of methoxy groups -OCH3 is 1. The number of fused-ring (bicyclic) bond motifs is 1. The molecule has 194 valence electrons. The van der Waals surface area contributed by atoms with Crippen LogP contribution in [0.4, 0.5) is 11.6 Å². The summed E-state index contributed by atoms with van der Waals surface area (Å²) in [5, 5.41) is 18.3. The van der Waals surface area contributed by atoms with Crippen molar-refractivity contribution < 1.29 is 14.3 Å². The van der Waals surface area contributed by atoms with E-state index in [1.165, 1.54) is 0 Å². The Kier molecular flexibility index (Phi) is 7.15. The molecule has 0 saturated carbocycles. The van der Waals surface area contributed by atoms with E-state index in [0.29, 0.717) is 35.3 Å². The van der Waals surface area contributed by atoms with Crippen LogP contribution >= 0.6 is 15.9 Å². The molecule has 0 saturated heterocycles. The number of benzene rings is 3. The minimum Gasteiger partial charge on any atom is -0.493 e. The summed E-state index contributed by atoms with van der Waals surface area (Å²) in [7, 11) is 1.59. The molecule has 1 aliphatic rings.